The van der Waals surface area contributed by atoms with Gasteiger partial charge in [0.15, 0.2) is 7.28 Å². The highest BCUT2D eigenvalue weighted by Crippen LogP contribution is 2.52. The van der Waals surface area contributed by atoms with Crippen LogP contribution in [0.5, 0.6) is 0 Å². The number of anilines is 9. The first-order valence-corrected chi connectivity index (χ1v) is 26.2. The zero-order valence-corrected chi connectivity index (χ0v) is 43.3. The molecule has 71 heavy (non-hydrogen) atoms. The minimum absolute atomic E-state index is 0.0740. The molecule has 0 N–H and O–H groups in total. The molecular weight excluding hydrogens is 858 g/mol. The summed E-state index contributed by atoms with van der Waals surface area (Å²) in [6.07, 6.45) is 6.81. The fraction of sp³-hybridized carbons (Fsp3) is 0.254. The monoisotopic (exact) mass is 924 g/mol. The number of hydrogen-bond donors (Lipinski definition) is 0. The van der Waals surface area contributed by atoms with Crippen LogP contribution < -0.4 is 25.6 Å². The van der Waals surface area contributed by atoms with Crippen LogP contribution in [0.25, 0.3) is 21.5 Å². The third kappa shape index (κ3) is 7.64. The molecule has 352 valence electrons. The minimum atomic E-state index is -0.0740. The molecule has 0 saturated heterocycles. The summed E-state index contributed by atoms with van der Waals surface area (Å²) in [6, 6.07) is 61.6. The van der Waals surface area contributed by atoms with Crippen molar-refractivity contribution in [1.82, 2.24) is 0 Å². The first kappa shape index (κ1) is 45.1. The zero-order chi connectivity index (χ0) is 48.9. The quantitative estimate of drug-likeness (QED) is 0.159. The molecule has 9 aromatic rings. The van der Waals surface area contributed by atoms with E-state index in [1.165, 1.54) is 141 Å². The Morgan fingerprint density at radius 3 is 1.25 bits per heavy atom. The molecule has 1 heterocycles. The number of hydrogen-bond acceptors (Lipinski definition) is 3. The average Bonchev–Trinajstić information content (AvgIpc) is 3.35. The van der Waals surface area contributed by atoms with E-state index < -0.39 is 0 Å². The van der Waals surface area contributed by atoms with E-state index in [9.17, 15) is 0 Å². The number of benzene rings is 9. The van der Waals surface area contributed by atoms with Crippen LogP contribution in [0.3, 0.4) is 0 Å². The van der Waals surface area contributed by atoms with Crippen molar-refractivity contribution in [3.8, 4) is 0 Å². The third-order valence-electron chi connectivity index (χ3n) is 16.2. The first-order chi connectivity index (χ1) is 34.2. The van der Waals surface area contributed by atoms with Crippen molar-refractivity contribution in [2.75, 3.05) is 14.7 Å². The highest BCUT2D eigenvalue weighted by molar-refractivity contribution is 6.70. The molecule has 4 heteroatoms. The molecule has 2 bridgehead atoms. The van der Waals surface area contributed by atoms with Crippen LogP contribution in [-0.4, -0.2) is 7.28 Å². The Morgan fingerprint density at radius 1 is 0.408 bits per heavy atom. The molecule has 0 radical (unpaired) electrons. The van der Waals surface area contributed by atoms with Crippen LogP contribution in [0.4, 0.5) is 51.2 Å². The van der Waals surface area contributed by atoms with Gasteiger partial charge in [-0.1, -0.05) is 162 Å². The second-order valence-electron chi connectivity index (χ2n) is 22.9. The summed E-state index contributed by atoms with van der Waals surface area (Å²) < 4.78 is 0. The SMILES string of the molecule is Cc1ccccc1N(c1cc2c(C)c(c1)N(c1ccc3c4c(cccc14)CCC3)c1cc(C(C)(C)C)ccc1Bc1ccc(C(C)(C)C)cc1N2c1ccc2c3c(cccc13)CCC2)c1ccccc1C. The maximum absolute atomic E-state index is 2.68. The summed E-state index contributed by atoms with van der Waals surface area (Å²) in [6.45, 7) is 21.1. The molecule has 9 aromatic carbocycles. The maximum Gasteiger partial charge on any atom is 0.197 e. The van der Waals surface area contributed by atoms with E-state index in [2.05, 4.69) is 235 Å². The van der Waals surface area contributed by atoms with Crippen molar-refractivity contribution in [1.29, 1.82) is 0 Å². The Bertz CT molecular complexity index is 3350. The van der Waals surface area contributed by atoms with E-state index in [1.54, 1.807) is 0 Å². The second-order valence-corrected chi connectivity index (χ2v) is 22.9. The second kappa shape index (κ2) is 17.1. The molecule has 0 spiro atoms. The van der Waals surface area contributed by atoms with Gasteiger partial charge in [-0.15, -0.1) is 0 Å². The number of rotatable bonds is 5. The summed E-state index contributed by atoms with van der Waals surface area (Å²) in [7, 11) is 0.768. The van der Waals surface area contributed by atoms with Crippen LogP contribution in [0, 0.1) is 20.8 Å². The van der Waals surface area contributed by atoms with Crippen LogP contribution in [0.2, 0.25) is 0 Å². The normalized spacial score (nSPS) is 14.3. The van der Waals surface area contributed by atoms with Gasteiger partial charge in [-0.2, -0.15) is 0 Å². The summed E-state index contributed by atoms with van der Waals surface area (Å²) in [5, 5.41) is 5.51. The van der Waals surface area contributed by atoms with Gasteiger partial charge in [-0.3, -0.25) is 0 Å². The largest absolute Gasteiger partial charge is 0.310 e. The number of nitrogens with zero attached hydrogens (tertiary/aromatic N) is 3. The highest BCUT2D eigenvalue weighted by Gasteiger charge is 2.33. The van der Waals surface area contributed by atoms with E-state index in [0.717, 1.165) is 38.7 Å². The Kier molecular flexibility index (Phi) is 10.9. The van der Waals surface area contributed by atoms with Crippen molar-refractivity contribution in [2.45, 2.75) is 112 Å². The lowest BCUT2D eigenvalue weighted by Gasteiger charge is -2.39. The Morgan fingerprint density at radius 2 is 0.831 bits per heavy atom. The Labute approximate surface area is 423 Å². The molecule has 0 atom stereocenters. The molecule has 0 aromatic heterocycles. The summed E-state index contributed by atoms with van der Waals surface area (Å²) in [4.78, 5) is 7.90. The number of aryl methyl sites for hydroxylation is 6. The molecule has 3 aliphatic rings. The lowest BCUT2D eigenvalue weighted by Crippen LogP contribution is -2.36. The van der Waals surface area contributed by atoms with Crippen LogP contribution in [0.1, 0.15) is 104 Å². The van der Waals surface area contributed by atoms with Gasteiger partial charge < -0.3 is 14.7 Å². The Hall–Kier alpha value is -7.04. The zero-order valence-electron chi connectivity index (χ0n) is 43.3. The van der Waals surface area contributed by atoms with Gasteiger partial charge in [-0.25, -0.2) is 0 Å². The predicted molar refractivity (Wildman–Crippen MR) is 308 cm³/mol. The molecule has 0 amide bonds. The lowest BCUT2D eigenvalue weighted by molar-refractivity contribution is 0.590. The molecule has 0 unspecified atom stereocenters. The third-order valence-corrected chi connectivity index (χ3v) is 16.2. The molecule has 0 fully saturated rings. The van der Waals surface area contributed by atoms with E-state index >= 15 is 0 Å². The van der Waals surface area contributed by atoms with E-state index in [0.29, 0.717) is 0 Å². The smallest absolute Gasteiger partial charge is 0.197 e. The molecule has 1 aliphatic heterocycles. The van der Waals surface area contributed by atoms with E-state index in [4.69, 9.17) is 0 Å². The maximum atomic E-state index is 2.68. The fourth-order valence-electron chi connectivity index (χ4n) is 12.3. The van der Waals surface area contributed by atoms with Crippen molar-refractivity contribution < 1.29 is 0 Å². The Balaban J connectivity index is 1.28. The number of fused-ring (bicyclic) bond motifs is 4. The number of para-hydroxylation sites is 2. The van der Waals surface area contributed by atoms with Gasteiger partial charge in [-0.05, 0) is 180 Å². The summed E-state index contributed by atoms with van der Waals surface area (Å²) in [5.41, 5.74) is 25.4. The predicted octanol–water partition coefficient (Wildman–Crippen LogP) is 16.6. The van der Waals surface area contributed by atoms with Gasteiger partial charge in [0.2, 0.25) is 0 Å². The van der Waals surface area contributed by atoms with Crippen LogP contribution in [-0.2, 0) is 36.5 Å². The summed E-state index contributed by atoms with van der Waals surface area (Å²) in [5.74, 6) is 0. The average molecular weight is 924 g/mol. The molecule has 3 nitrogen and oxygen atoms in total. The molecule has 2 aliphatic carbocycles. The lowest BCUT2D eigenvalue weighted by atomic mass is 9.61. The van der Waals surface area contributed by atoms with Crippen molar-refractivity contribution in [3.05, 3.63) is 208 Å². The van der Waals surface area contributed by atoms with Crippen LogP contribution >= 0.6 is 0 Å². The van der Waals surface area contributed by atoms with Gasteiger partial charge in [0, 0.05) is 33.5 Å². The molecule has 0 saturated carbocycles. The van der Waals surface area contributed by atoms with Gasteiger partial charge in [0.05, 0.1) is 28.4 Å². The fourth-order valence-corrected chi connectivity index (χ4v) is 12.3. The van der Waals surface area contributed by atoms with Gasteiger partial charge >= 0.3 is 0 Å². The standard InChI is InChI=1S/C67H66BN3/c1-42-18-10-12-28-56(42)69(57-29-13-11-19-43(57)2)51-40-60-44(3)61(41-51)71(59-37-31-48-23-15-21-46-25-17-27-53(59)65(46)48)63-39-50(67(7,8)9)33-35-55(63)68-54-34-32-49(66(4,5)6)38-62(54)70(60)58-36-30-47-22-14-20-45-24-16-26-52(58)64(45)47/h10-13,16-19,24-41,68H,14-15,20-23H2,1-9H3. The molecular formula is C67H66BN3. The molecule has 12 rings (SSSR count). The van der Waals surface area contributed by atoms with Gasteiger partial charge in [0.1, 0.15) is 0 Å². The van der Waals surface area contributed by atoms with Gasteiger partial charge in [0.25, 0.3) is 0 Å². The van der Waals surface area contributed by atoms with Crippen molar-refractivity contribution in [3.63, 3.8) is 0 Å². The highest BCUT2D eigenvalue weighted by atomic mass is 15.2. The van der Waals surface area contributed by atoms with Crippen LogP contribution in [0.15, 0.2) is 158 Å². The minimum Gasteiger partial charge on any atom is -0.310 e. The summed E-state index contributed by atoms with van der Waals surface area (Å²) >= 11 is 0. The topological polar surface area (TPSA) is 9.72 Å². The van der Waals surface area contributed by atoms with Crippen molar-refractivity contribution in [2.24, 2.45) is 0 Å². The van der Waals surface area contributed by atoms with E-state index in [-0.39, 0.29) is 10.8 Å². The van der Waals surface area contributed by atoms with Crippen molar-refractivity contribution >= 4 is 90.9 Å². The first-order valence-electron chi connectivity index (χ1n) is 26.2. The van der Waals surface area contributed by atoms with E-state index in [1.807, 2.05) is 0 Å².